The number of benzene rings is 1. The lowest BCUT2D eigenvalue weighted by Crippen LogP contribution is -2.11. The van der Waals surface area contributed by atoms with Gasteiger partial charge in [0, 0.05) is 18.8 Å². The molecule has 9 heteroatoms. The van der Waals surface area contributed by atoms with Crippen molar-refractivity contribution in [1.82, 2.24) is 25.0 Å². The van der Waals surface area contributed by atoms with Crippen LogP contribution in [0.25, 0.3) is 5.69 Å². The maximum Gasteiger partial charge on any atom is 0.316 e. The molecule has 2 heterocycles. The molecule has 0 N–H and O–H groups in total. The van der Waals surface area contributed by atoms with E-state index in [-0.39, 0.29) is 18.3 Å². The summed E-state index contributed by atoms with van der Waals surface area (Å²) in [7, 11) is 0. The van der Waals surface area contributed by atoms with Gasteiger partial charge in [0.1, 0.15) is 18.1 Å². The Labute approximate surface area is 154 Å². The Bertz CT molecular complexity index is 982. The highest BCUT2D eigenvalue weighted by Crippen LogP contribution is 2.31. The summed E-state index contributed by atoms with van der Waals surface area (Å²) >= 11 is 0. The van der Waals surface area contributed by atoms with Gasteiger partial charge in [-0.3, -0.25) is 0 Å². The lowest BCUT2D eigenvalue weighted by molar-refractivity contribution is 0.0137. The molecule has 0 fully saturated rings. The van der Waals surface area contributed by atoms with Crippen LogP contribution in [0.3, 0.4) is 0 Å². The Morgan fingerprint density at radius 1 is 1.19 bits per heavy atom. The number of ether oxygens (including phenoxy) is 1. The minimum Gasteiger partial charge on any atom is -0.457 e. The van der Waals surface area contributed by atoms with Crippen LogP contribution >= 0.6 is 0 Å². The van der Waals surface area contributed by atoms with Crippen LogP contribution in [-0.4, -0.2) is 25.0 Å². The lowest BCUT2D eigenvalue weighted by atomic mass is 10.1. The van der Waals surface area contributed by atoms with Crippen molar-refractivity contribution in [2.45, 2.75) is 40.2 Å². The van der Waals surface area contributed by atoms with Gasteiger partial charge in [-0.1, -0.05) is 5.21 Å². The molecule has 0 aliphatic rings. The SMILES string of the molecule is Cc1cnc(OCc2nnn(-c3ccc(F)c(C(C)(F)F)c3)c2C)nc1C. The maximum absolute atomic E-state index is 13.7. The largest absolute Gasteiger partial charge is 0.457 e. The highest BCUT2D eigenvalue weighted by molar-refractivity contribution is 5.39. The van der Waals surface area contributed by atoms with Gasteiger partial charge in [0.15, 0.2) is 0 Å². The molecule has 27 heavy (non-hydrogen) atoms. The van der Waals surface area contributed by atoms with Gasteiger partial charge < -0.3 is 4.74 Å². The predicted octanol–water partition coefficient (Wildman–Crippen LogP) is 3.81. The zero-order valence-electron chi connectivity index (χ0n) is 15.3. The first-order chi connectivity index (χ1) is 12.7. The van der Waals surface area contributed by atoms with Crippen LogP contribution in [0.2, 0.25) is 0 Å². The molecular formula is C18H18F3N5O. The predicted molar refractivity (Wildman–Crippen MR) is 91.5 cm³/mol. The van der Waals surface area contributed by atoms with Gasteiger partial charge >= 0.3 is 6.01 Å². The molecule has 0 bridgehead atoms. The molecule has 0 spiro atoms. The van der Waals surface area contributed by atoms with Crippen LogP contribution < -0.4 is 4.74 Å². The molecule has 0 saturated carbocycles. The number of rotatable bonds is 5. The van der Waals surface area contributed by atoms with Crippen molar-refractivity contribution in [3.63, 3.8) is 0 Å². The molecular weight excluding hydrogens is 359 g/mol. The van der Waals surface area contributed by atoms with Crippen LogP contribution in [0.4, 0.5) is 13.2 Å². The van der Waals surface area contributed by atoms with Crippen molar-refractivity contribution in [2.75, 3.05) is 0 Å². The second-order valence-corrected chi connectivity index (χ2v) is 6.30. The fourth-order valence-electron chi connectivity index (χ4n) is 2.43. The van der Waals surface area contributed by atoms with Gasteiger partial charge in [-0.15, -0.1) is 5.10 Å². The highest BCUT2D eigenvalue weighted by Gasteiger charge is 2.29. The number of hydrogen-bond donors (Lipinski definition) is 0. The fraction of sp³-hybridized carbons (Fsp3) is 0.333. The molecule has 0 aliphatic carbocycles. The van der Waals surface area contributed by atoms with Gasteiger partial charge in [0.25, 0.3) is 5.92 Å². The summed E-state index contributed by atoms with van der Waals surface area (Å²) in [5.41, 5.74) is 2.41. The molecule has 142 valence electrons. The molecule has 3 aromatic rings. The molecule has 0 radical (unpaired) electrons. The molecule has 0 unspecified atom stereocenters. The number of nitrogens with zero attached hydrogens (tertiary/aromatic N) is 5. The van der Waals surface area contributed by atoms with E-state index in [2.05, 4.69) is 20.3 Å². The maximum atomic E-state index is 13.7. The summed E-state index contributed by atoms with van der Waals surface area (Å²) in [6.45, 7) is 6.16. The van der Waals surface area contributed by atoms with E-state index in [9.17, 15) is 13.2 Å². The molecule has 0 atom stereocenters. The van der Waals surface area contributed by atoms with E-state index in [1.165, 1.54) is 10.7 Å². The van der Waals surface area contributed by atoms with Crippen LogP contribution in [0.15, 0.2) is 24.4 Å². The average molecular weight is 377 g/mol. The lowest BCUT2D eigenvalue weighted by Gasteiger charge is -2.13. The number of halogens is 3. The van der Waals surface area contributed by atoms with E-state index in [0.29, 0.717) is 18.3 Å². The molecule has 6 nitrogen and oxygen atoms in total. The van der Waals surface area contributed by atoms with Gasteiger partial charge in [-0.25, -0.2) is 27.8 Å². The van der Waals surface area contributed by atoms with Crippen LogP contribution in [0, 0.1) is 26.6 Å². The molecule has 1 aromatic carbocycles. The van der Waals surface area contributed by atoms with E-state index >= 15 is 0 Å². The van der Waals surface area contributed by atoms with Crippen molar-refractivity contribution in [3.05, 3.63) is 58.4 Å². The monoisotopic (exact) mass is 377 g/mol. The van der Waals surface area contributed by atoms with Crippen molar-refractivity contribution in [3.8, 4) is 11.7 Å². The van der Waals surface area contributed by atoms with Gasteiger partial charge in [0.05, 0.1) is 16.9 Å². The first kappa shape index (κ1) is 18.8. The number of hydrogen-bond acceptors (Lipinski definition) is 5. The van der Waals surface area contributed by atoms with E-state index in [1.54, 1.807) is 13.1 Å². The van der Waals surface area contributed by atoms with Crippen LogP contribution in [0.5, 0.6) is 6.01 Å². The summed E-state index contributed by atoms with van der Waals surface area (Å²) in [5, 5.41) is 7.97. The van der Waals surface area contributed by atoms with Crippen molar-refractivity contribution >= 4 is 0 Å². The molecule has 0 aliphatic heterocycles. The van der Waals surface area contributed by atoms with Crippen molar-refractivity contribution in [2.24, 2.45) is 0 Å². The zero-order chi connectivity index (χ0) is 19.8. The van der Waals surface area contributed by atoms with Gasteiger partial charge in [-0.05, 0) is 44.5 Å². The van der Waals surface area contributed by atoms with Crippen LogP contribution in [-0.2, 0) is 12.5 Å². The highest BCUT2D eigenvalue weighted by atomic mass is 19.3. The van der Waals surface area contributed by atoms with E-state index in [1.807, 2.05) is 13.8 Å². The number of alkyl halides is 2. The first-order valence-electron chi connectivity index (χ1n) is 8.19. The minimum absolute atomic E-state index is 0.0618. The number of aromatic nitrogens is 5. The fourth-order valence-corrected chi connectivity index (χ4v) is 2.43. The summed E-state index contributed by atoms with van der Waals surface area (Å²) in [6, 6.07) is 3.63. The Kier molecular flexibility index (Phi) is 4.86. The van der Waals surface area contributed by atoms with Crippen LogP contribution in [0.1, 0.15) is 35.1 Å². The van der Waals surface area contributed by atoms with Crippen molar-refractivity contribution < 1.29 is 17.9 Å². The standard InChI is InChI=1S/C18H18F3N5O/c1-10-8-22-17(23-11(10)2)27-9-16-12(3)26(25-24-16)13-5-6-15(19)14(7-13)18(4,20)21/h5-8H,9H2,1-4H3. The van der Waals surface area contributed by atoms with E-state index in [4.69, 9.17) is 4.74 Å². The Balaban J connectivity index is 1.84. The summed E-state index contributed by atoms with van der Waals surface area (Å²) in [4.78, 5) is 8.30. The molecule has 0 saturated heterocycles. The quantitative estimate of drug-likeness (QED) is 0.676. The normalized spacial score (nSPS) is 11.7. The summed E-state index contributed by atoms with van der Waals surface area (Å²) in [6.07, 6.45) is 1.66. The molecule has 3 rings (SSSR count). The Morgan fingerprint density at radius 2 is 1.93 bits per heavy atom. The third-order valence-corrected chi connectivity index (χ3v) is 4.20. The van der Waals surface area contributed by atoms with E-state index in [0.717, 1.165) is 23.4 Å². The molecule has 2 aromatic heterocycles. The van der Waals surface area contributed by atoms with Gasteiger partial charge in [0.2, 0.25) is 0 Å². The molecule has 0 amide bonds. The van der Waals surface area contributed by atoms with E-state index < -0.39 is 17.3 Å². The number of aryl methyl sites for hydroxylation is 2. The summed E-state index contributed by atoms with van der Waals surface area (Å²) in [5.74, 6) is -4.28. The second-order valence-electron chi connectivity index (χ2n) is 6.30. The van der Waals surface area contributed by atoms with Gasteiger partial charge in [-0.2, -0.15) is 0 Å². The first-order valence-corrected chi connectivity index (χ1v) is 8.19. The Morgan fingerprint density at radius 3 is 2.59 bits per heavy atom. The third-order valence-electron chi connectivity index (χ3n) is 4.20. The van der Waals surface area contributed by atoms with Crippen molar-refractivity contribution in [1.29, 1.82) is 0 Å². The topological polar surface area (TPSA) is 65.7 Å². The Hall–Kier alpha value is -2.97. The minimum atomic E-state index is -3.30. The zero-order valence-corrected chi connectivity index (χ0v) is 15.3. The third kappa shape index (κ3) is 3.91. The average Bonchev–Trinajstić information content (AvgIpc) is 2.96. The summed E-state index contributed by atoms with van der Waals surface area (Å²) < 4.78 is 47.7. The smallest absolute Gasteiger partial charge is 0.316 e. The second kappa shape index (κ2) is 6.98.